The maximum atomic E-state index is 11.7. The number of hydrogen-bond donors (Lipinski definition) is 2. The highest BCUT2D eigenvalue weighted by Crippen LogP contribution is 2.04. The molecule has 2 rings (SSSR count). The van der Waals surface area contributed by atoms with Gasteiger partial charge in [0.2, 0.25) is 5.91 Å². The van der Waals surface area contributed by atoms with Gasteiger partial charge in [0.15, 0.2) is 0 Å². The lowest BCUT2D eigenvalue weighted by Crippen LogP contribution is -2.47. The third kappa shape index (κ3) is 3.83. The van der Waals surface area contributed by atoms with Crippen LogP contribution in [0.1, 0.15) is 5.76 Å². The predicted octanol–water partition coefficient (Wildman–Crippen LogP) is -0.411. The van der Waals surface area contributed by atoms with Crippen LogP contribution in [-0.2, 0) is 16.1 Å². The Hall–Kier alpha value is -1.37. The summed E-state index contributed by atoms with van der Waals surface area (Å²) < 4.78 is 10.4. The highest BCUT2D eigenvalue weighted by atomic mass is 16.5. The first kappa shape index (κ1) is 13.1. The van der Waals surface area contributed by atoms with Crippen molar-refractivity contribution in [3.05, 3.63) is 24.2 Å². The number of nitrogens with zero attached hydrogens (tertiary/aromatic N) is 1. The first-order valence-corrected chi connectivity index (χ1v) is 6.02. The highest BCUT2D eigenvalue weighted by molar-refractivity contribution is 5.77. The predicted molar refractivity (Wildman–Crippen MR) is 63.8 cm³/mol. The molecule has 6 nitrogen and oxygen atoms in total. The molecule has 1 fully saturated rings. The lowest BCUT2D eigenvalue weighted by atomic mass is 10.3. The molecule has 1 aromatic rings. The third-order valence-corrected chi connectivity index (χ3v) is 2.83. The molecule has 1 saturated heterocycles. The minimum Gasteiger partial charge on any atom is -0.467 e. The summed E-state index contributed by atoms with van der Waals surface area (Å²) in [5, 5.41) is 11.8. The second-order valence-corrected chi connectivity index (χ2v) is 4.27. The van der Waals surface area contributed by atoms with Crippen LogP contribution in [0.3, 0.4) is 0 Å². The Morgan fingerprint density at radius 3 is 3.22 bits per heavy atom. The molecule has 1 aliphatic rings. The van der Waals surface area contributed by atoms with E-state index < -0.39 is 0 Å². The number of amides is 1. The second kappa shape index (κ2) is 6.53. The van der Waals surface area contributed by atoms with Crippen molar-refractivity contribution in [1.29, 1.82) is 0 Å². The highest BCUT2D eigenvalue weighted by Gasteiger charge is 2.21. The Morgan fingerprint density at radius 2 is 2.50 bits per heavy atom. The third-order valence-electron chi connectivity index (χ3n) is 2.83. The Bertz CT molecular complexity index is 366. The standard InChI is InChI=1S/C12H18N2O4/c15-9-11-7-14(3-5-18-11)8-12(16)13-6-10-2-1-4-17-10/h1-2,4,11,15H,3,5-9H2,(H,13,16). The molecule has 1 aromatic heterocycles. The number of aliphatic hydroxyl groups is 1. The van der Waals surface area contributed by atoms with E-state index in [1.165, 1.54) is 0 Å². The van der Waals surface area contributed by atoms with Crippen LogP contribution in [0.4, 0.5) is 0 Å². The van der Waals surface area contributed by atoms with Crippen molar-refractivity contribution in [2.45, 2.75) is 12.6 Å². The number of carbonyl (C=O) groups excluding carboxylic acids is 1. The van der Waals surface area contributed by atoms with E-state index >= 15 is 0 Å². The molecule has 0 spiro atoms. The molecule has 18 heavy (non-hydrogen) atoms. The lowest BCUT2D eigenvalue weighted by Gasteiger charge is -2.31. The Morgan fingerprint density at radius 1 is 1.61 bits per heavy atom. The van der Waals surface area contributed by atoms with Gasteiger partial charge < -0.3 is 19.6 Å². The van der Waals surface area contributed by atoms with Crippen molar-refractivity contribution in [3.63, 3.8) is 0 Å². The van der Waals surface area contributed by atoms with Crippen molar-refractivity contribution >= 4 is 5.91 Å². The number of furan rings is 1. The zero-order chi connectivity index (χ0) is 12.8. The molecule has 100 valence electrons. The molecule has 0 aromatic carbocycles. The molecule has 6 heteroatoms. The normalized spacial score (nSPS) is 20.8. The Labute approximate surface area is 106 Å². The van der Waals surface area contributed by atoms with Gasteiger partial charge in [-0.1, -0.05) is 0 Å². The van der Waals surface area contributed by atoms with E-state index in [4.69, 9.17) is 14.3 Å². The van der Waals surface area contributed by atoms with Crippen LogP contribution in [0.2, 0.25) is 0 Å². The smallest absolute Gasteiger partial charge is 0.234 e. The largest absolute Gasteiger partial charge is 0.467 e. The van der Waals surface area contributed by atoms with E-state index in [2.05, 4.69) is 5.32 Å². The quantitative estimate of drug-likeness (QED) is 0.747. The summed E-state index contributed by atoms with van der Waals surface area (Å²) in [4.78, 5) is 13.7. The van der Waals surface area contributed by atoms with Gasteiger partial charge in [0, 0.05) is 13.1 Å². The fourth-order valence-corrected chi connectivity index (χ4v) is 1.89. The van der Waals surface area contributed by atoms with Crippen LogP contribution in [0, 0.1) is 0 Å². The van der Waals surface area contributed by atoms with E-state index in [9.17, 15) is 4.79 Å². The summed E-state index contributed by atoms with van der Waals surface area (Å²) in [7, 11) is 0. The summed E-state index contributed by atoms with van der Waals surface area (Å²) in [6.07, 6.45) is 1.39. The first-order chi connectivity index (χ1) is 8.78. The van der Waals surface area contributed by atoms with Gasteiger partial charge >= 0.3 is 0 Å². The maximum Gasteiger partial charge on any atom is 0.234 e. The van der Waals surface area contributed by atoms with Gasteiger partial charge in [-0.25, -0.2) is 0 Å². The molecule has 1 aliphatic heterocycles. The summed E-state index contributed by atoms with van der Waals surface area (Å²) >= 11 is 0. The van der Waals surface area contributed by atoms with Gasteiger partial charge in [-0.15, -0.1) is 0 Å². The lowest BCUT2D eigenvalue weighted by molar-refractivity contribution is -0.125. The van der Waals surface area contributed by atoms with Crippen LogP contribution in [-0.4, -0.2) is 54.9 Å². The average molecular weight is 254 g/mol. The number of morpholine rings is 1. The molecule has 0 bridgehead atoms. The van der Waals surface area contributed by atoms with Crippen molar-refractivity contribution in [1.82, 2.24) is 10.2 Å². The SMILES string of the molecule is O=C(CN1CCOC(CO)C1)NCc1ccco1. The van der Waals surface area contributed by atoms with Gasteiger partial charge in [-0.2, -0.15) is 0 Å². The average Bonchev–Trinajstić information content (AvgIpc) is 2.90. The molecule has 2 N–H and O–H groups in total. The van der Waals surface area contributed by atoms with Gasteiger partial charge in [-0.3, -0.25) is 9.69 Å². The Kier molecular flexibility index (Phi) is 4.74. The van der Waals surface area contributed by atoms with Crippen LogP contribution < -0.4 is 5.32 Å². The number of nitrogens with one attached hydrogen (secondary N) is 1. The number of aliphatic hydroxyl groups excluding tert-OH is 1. The molecule has 1 amide bonds. The zero-order valence-corrected chi connectivity index (χ0v) is 10.2. The van der Waals surface area contributed by atoms with Crippen LogP contribution >= 0.6 is 0 Å². The van der Waals surface area contributed by atoms with Crippen LogP contribution in [0.25, 0.3) is 0 Å². The van der Waals surface area contributed by atoms with Crippen molar-refractivity contribution < 1.29 is 19.1 Å². The van der Waals surface area contributed by atoms with Crippen molar-refractivity contribution in [2.24, 2.45) is 0 Å². The first-order valence-electron chi connectivity index (χ1n) is 6.02. The second-order valence-electron chi connectivity index (χ2n) is 4.27. The fourth-order valence-electron chi connectivity index (χ4n) is 1.89. The summed E-state index contributed by atoms with van der Waals surface area (Å²) in [5.41, 5.74) is 0. The summed E-state index contributed by atoms with van der Waals surface area (Å²) in [5.74, 6) is 0.684. The molecule has 0 aliphatic carbocycles. The molecular weight excluding hydrogens is 236 g/mol. The van der Waals surface area contributed by atoms with Gasteiger partial charge in [0.1, 0.15) is 5.76 Å². The van der Waals surface area contributed by atoms with E-state index in [-0.39, 0.29) is 18.6 Å². The summed E-state index contributed by atoms with van der Waals surface area (Å²) in [6, 6.07) is 3.60. The number of hydrogen-bond acceptors (Lipinski definition) is 5. The molecule has 0 saturated carbocycles. The Balaban J connectivity index is 1.70. The van der Waals surface area contributed by atoms with Gasteiger partial charge in [-0.05, 0) is 12.1 Å². The number of carbonyl (C=O) groups is 1. The monoisotopic (exact) mass is 254 g/mol. The molecule has 1 atom stereocenters. The molecular formula is C12H18N2O4. The summed E-state index contributed by atoms with van der Waals surface area (Å²) in [6.45, 7) is 2.57. The minimum atomic E-state index is -0.184. The number of rotatable bonds is 5. The zero-order valence-electron chi connectivity index (χ0n) is 10.2. The topological polar surface area (TPSA) is 74.9 Å². The minimum absolute atomic E-state index is 0.00941. The van der Waals surface area contributed by atoms with Gasteiger partial charge in [0.05, 0.1) is 38.7 Å². The molecule has 0 radical (unpaired) electrons. The van der Waals surface area contributed by atoms with E-state index in [1.807, 2.05) is 11.0 Å². The maximum absolute atomic E-state index is 11.7. The van der Waals surface area contributed by atoms with Crippen LogP contribution in [0.5, 0.6) is 0 Å². The fraction of sp³-hybridized carbons (Fsp3) is 0.583. The van der Waals surface area contributed by atoms with Crippen LogP contribution in [0.15, 0.2) is 22.8 Å². The van der Waals surface area contributed by atoms with Crippen molar-refractivity contribution in [2.75, 3.05) is 32.8 Å². The van der Waals surface area contributed by atoms with E-state index in [0.29, 0.717) is 32.8 Å². The van der Waals surface area contributed by atoms with Gasteiger partial charge in [0.25, 0.3) is 0 Å². The molecule has 1 unspecified atom stereocenters. The van der Waals surface area contributed by atoms with E-state index in [1.54, 1.807) is 12.3 Å². The van der Waals surface area contributed by atoms with Crippen molar-refractivity contribution in [3.8, 4) is 0 Å². The molecule has 2 heterocycles. The number of ether oxygens (including phenoxy) is 1. The van der Waals surface area contributed by atoms with E-state index in [0.717, 1.165) is 5.76 Å².